The minimum Gasteiger partial charge on any atom is -0.452 e. The molecule has 24 heavy (non-hydrogen) atoms. The van der Waals surface area contributed by atoms with E-state index in [1.165, 1.54) is 0 Å². The highest BCUT2D eigenvalue weighted by atomic mass is 16.5. The summed E-state index contributed by atoms with van der Waals surface area (Å²) < 4.78 is 4.99. The number of esters is 1. The second-order valence-corrected chi connectivity index (χ2v) is 5.48. The van der Waals surface area contributed by atoms with Crippen LogP contribution in [0.2, 0.25) is 0 Å². The van der Waals surface area contributed by atoms with E-state index in [1.54, 1.807) is 6.07 Å². The number of nitrogens with zero attached hydrogens (tertiary/aromatic N) is 1. The van der Waals surface area contributed by atoms with Crippen LogP contribution in [0, 0.1) is 6.92 Å². The van der Waals surface area contributed by atoms with E-state index in [4.69, 9.17) is 10.5 Å². The quantitative estimate of drug-likeness (QED) is 0.749. The standard InChI is InChI=1S/C19H16N2O3/c1-12-7-8-16-14(9-12)15(19(23)24-11-18(20)22)10-17(21-16)13-5-3-2-4-6-13/h2-10H,11H2,1H3,(H2,20,22). The highest BCUT2D eigenvalue weighted by Crippen LogP contribution is 2.26. The lowest BCUT2D eigenvalue weighted by Gasteiger charge is -2.10. The Labute approximate surface area is 139 Å². The molecule has 120 valence electrons. The first-order valence-electron chi connectivity index (χ1n) is 7.47. The van der Waals surface area contributed by atoms with Crippen molar-refractivity contribution in [2.45, 2.75) is 6.92 Å². The molecule has 0 bridgehead atoms. The van der Waals surface area contributed by atoms with Crippen LogP contribution in [0.5, 0.6) is 0 Å². The van der Waals surface area contributed by atoms with Gasteiger partial charge in [-0.25, -0.2) is 9.78 Å². The summed E-state index contributed by atoms with van der Waals surface area (Å²) in [6.45, 7) is 1.48. The molecule has 2 aromatic carbocycles. The van der Waals surface area contributed by atoms with Gasteiger partial charge in [-0.1, -0.05) is 42.0 Å². The van der Waals surface area contributed by atoms with E-state index in [2.05, 4.69) is 4.98 Å². The van der Waals surface area contributed by atoms with E-state index in [1.807, 2.05) is 55.5 Å². The van der Waals surface area contributed by atoms with Crippen LogP contribution in [0.3, 0.4) is 0 Å². The number of aromatic nitrogens is 1. The molecular weight excluding hydrogens is 304 g/mol. The first-order chi connectivity index (χ1) is 11.5. The number of amides is 1. The maximum atomic E-state index is 12.4. The van der Waals surface area contributed by atoms with Crippen LogP contribution in [-0.4, -0.2) is 23.5 Å². The van der Waals surface area contributed by atoms with Gasteiger partial charge in [0, 0.05) is 10.9 Å². The van der Waals surface area contributed by atoms with Gasteiger partial charge in [-0.15, -0.1) is 0 Å². The van der Waals surface area contributed by atoms with Gasteiger partial charge in [0.25, 0.3) is 5.91 Å². The Hall–Kier alpha value is -3.21. The van der Waals surface area contributed by atoms with Crippen LogP contribution in [0.15, 0.2) is 54.6 Å². The fourth-order valence-electron chi connectivity index (χ4n) is 2.48. The molecule has 1 amide bonds. The molecule has 2 N–H and O–H groups in total. The van der Waals surface area contributed by atoms with Crippen molar-refractivity contribution in [3.8, 4) is 11.3 Å². The van der Waals surface area contributed by atoms with Gasteiger partial charge < -0.3 is 10.5 Å². The molecule has 0 atom stereocenters. The summed E-state index contributed by atoms with van der Waals surface area (Å²) >= 11 is 0. The fourth-order valence-corrected chi connectivity index (χ4v) is 2.48. The number of pyridine rings is 1. The SMILES string of the molecule is Cc1ccc2nc(-c3ccccc3)cc(C(=O)OCC(N)=O)c2c1. The number of hydrogen-bond acceptors (Lipinski definition) is 4. The molecule has 0 aliphatic heterocycles. The predicted octanol–water partition coefficient (Wildman–Crippen LogP) is 2.85. The topological polar surface area (TPSA) is 82.3 Å². The highest BCUT2D eigenvalue weighted by molar-refractivity contribution is 6.05. The molecule has 0 aliphatic carbocycles. The van der Waals surface area contributed by atoms with Crippen LogP contribution >= 0.6 is 0 Å². The van der Waals surface area contributed by atoms with Crippen molar-refractivity contribution in [2.24, 2.45) is 5.73 Å². The number of ether oxygens (including phenoxy) is 1. The van der Waals surface area contributed by atoms with E-state index in [0.29, 0.717) is 22.2 Å². The van der Waals surface area contributed by atoms with Gasteiger partial charge in [0.05, 0.1) is 16.8 Å². The van der Waals surface area contributed by atoms with Gasteiger partial charge in [-0.3, -0.25) is 4.79 Å². The van der Waals surface area contributed by atoms with Gasteiger partial charge in [0.15, 0.2) is 6.61 Å². The molecule has 3 aromatic rings. The lowest BCUT2D eigenvalue weighted by Crippen LogP contribution is -2.21. The molecule has 5 nitrogen and oxygen atoms in total. The van der Waals surface area contributed by atoms with Gasteiger partial charge in [-0.05, 0) is 25.1 Å². The van der Waals surface area contributed by atoms with E-state index >= 15 is 0 Å². The summed E-state index contributed by atoms with van der Waals surface area (Å²) in [5.41, 5.74) is 8.66. The Kier molecular flexibility index (Phi) is 4.24. The molecule has 0 saturated carbocycles. The van der Waals surface area contributed by atoms with Crippen LogP contribution < -0.4 is 5.73 Å². The summed E-state index contributed by atoms with van der Waals surface area (Å²) in [7, 11) is 0. The fraction of sp³-hybridized carbons (Fsp3) is 0.105. The van der Waals surface area contributed by atoms with Crippen molar-refractivity contribution < 1.29 is 14.3 Å². The molecule has 3 rings (SSSR count). The normalized spacial score (nSPS) is 10.5. The van der Waals surface area contributed by atoms with Crippen molar-refractivity contribution >= 4 is 22.8 Å². The van der Waals surface area contributed by atoms with Gasteiger partial charge >= 0.3 is 5.97 Å². The van der Waals surface area contributed by atoms with Crippen LogP contribution in [0.4, 0.5) is 0 Å². The average Bonchev–Trinajstić information content (AvgIpc) is 2.59. The molecule has 5 heteroatoms. The van der Waals surface area contributed by atoms with Crippen LogP contribution in [0.25, 0.3) is 22.2 Å². The Morgan fingerprint density at radius 3 is 2.54 bits per heavy atom. The summed E-state index contributed by atoms with van der Waals surface area (Å²) in [5, 5.41) is 0.684. The van der Waals surface area contributed by atoms with Gasteiger partial charge in [0.1, 0.15) is 0 Å². The van der Waals surface area contributed by atoms with Gasteiger partial charge in [0.2, 0.25) is 0 Å². The van der Waals surface area contributed by atoms with E-state index in [0.717, 1.165) is 11.1 Å². The van der Waals surface area contributed by atoms with Gasteiger partial charge in [-0.2, -0.15) is 0 Å². The number of nitrogens with two attached hydrogens (primary N) is 1. The molecule has 0 radical (unpaired) electrons. The average molecular weight is 320 g/mol. The zero-order valence-corrected chi connectivity index (χ0v) is 13.2. The Morgan fingerprint density at radius 1 is 1.08 bits per heavy atom. The van der Waals surface area contributed by atoms with E-state index in [9.17, 15) is 9.59 Å². The predicted molar refractivity (Wildman–Crippen MR) is 91.4 cm³/mol. The van der Waals surface area contributed by atoms with Crippen LogP contribution in [-0.2, 0) is 9.53 Å². The zero-order valence-electron chi connectivity index (χ0n) is 13.2. The Bertz CT molecular complexity index is 921. The summed E-state index contributed by atoms with van der Waals surface area (Å²) in [6, 6.07) is 16.9. The Morgan fingerprint density at radius 2 is 1.83 bits per heavy atom. The monoisotopic (exact) mass is 320 g/mol. The molecule has 0 fully saturated rings. The molecule has 1 aromatic heterocycles. The molecule has 0 unspecified atom stereocenters. The number of fused-ring (bicyclic) bond motifs is 1. The number of benzene rings is 2. The third-order valence-electron chi connectivity index (χ3n) is 3.60. The number of rotatable bonds is 4. The highest BCUT2D eigenvalue weighted by Gasteiger charge is 2.16. The molecule has 0 spiro atoms. The van der Waals surface area contributed by atoms with Crippen LogP contribution in [0.1, 0.15) is 15.9 Å². The molecule has 1 heterocycles. The maximum absolute atomic E-state index is 12.4. The smallest absolute Gasteiger partial charge is 0.339 e. The maximum Gasteiger partial charge on any atom is 0.339 e. The van der Waals surface area contributed by atoms with Crippen molar-refractivity contribution in [2.75, 3.05) is 6.61 Å². The number of aryl methyl sites for hydroxylation is 1. The minimum absolute atomic E-state index is 0.365. The Balaban J connectivity index is 2.15. The zero-order chi connectivity index (χ0) is 17.1. The second-order valence-electron chi connectivity index (χ2n) is 5.48. The minimum atomic E-state index is -0.693. The second kappa shape index (κ2) is 6.50. The largest absolute Gasteiger partial charge is 0.452 e. The summed E-state index contributed by atoms with van der Waals surface area (Å²) in [5.74, 6) is -1.29. The lowest BCUT2D eigenvalue weighted by atomic mass is 10.0. The lowest BCUT2D eigenvalue weighted by molar-refractivity contribution is -0.121. The first-order valence-corrected chi connectivity index (χ1v) is 7.47. The van der Waals surface area contributed by atoms with Crippen molar-refractivity contribution in [1.82, 2.24) is 4.98 Å². The molecule has 0 aliphatic rings. The third kappa shape index (κ3) is 3.25. The molecule has 0 saturated heterocycles. The number of primary amides is 1. The molecular formula is C19H16N2O3. The first kappa shape index (κ1) is 15.7. The third-order valence-corrected chi connectivity index (χ3v) is 3.60. The summed E-state index contributed by atoms with van der Waals surface area (Å²) in [4.78, 5) is 27.9. The summed E-state index contributed by atoms with van der Waals surface area (Å²) in [6.07, 6.45) is 0. The van der Waals surface area contributed by atoms with Crippen molar-refractivity contribution in [1.29, 1.82) is 0 Å². The van der Waals surface area contributed by atoms with E-state index < -0.39 is 18.5 Å². The number of carbonyl (C=O) groups is 2. The van der Waals surface area contributed by atoms with Crippen molar-refractivity contribution in [3.05, 3.63) is 65.7 Å². The van der Waals surface area contributed by atoms with Crippen molar-refractivity contribution in [3.63, 3.8) is 0 Å². The van der Waals surface area contributed by atoms with E-state index in [-0.39, 0.29) is 0 Å². The number of carbonyl (C=O) groups excluding carboxylic acids is 2. The number of hydrogen-bond donors (Lipinski definition) is 1.